The van der Waals surface area contributed by atoms with Gasteiger partial charge in [0.25, 0.3) is 0 Å². The number of nitrogens with one attached hydrogen (secondary N) is 1. The predicted octanol–water partition coefficient (Wildman–Crippen LogP) is 3.52. The smallest absolute Gasteiger partial charge is 0.249 e. The number of amides is 1. The van der Waals surface area contributed by atoms with Gasteiger partial charge in [-0.25, -0.2) is 9.97 Å². The molecular formula is C21H21N5OS. The van der Waals surface area contributed by atoms with Crippen molar-refractivity contribution in [2.24, 2.45) is 0 Å². The Bertz CT molecular complexity index is 934. The zero-order chi connectivity index (χ0) is 19.2. The third-order valence-corrected chi connectivity index (χ3v) is 5.41. The second-order valence-corrected chi connectivity index (χ2v) is 7.39. The first-order valence-corrected chi connectivity index (χ1v) is 10.1. The molecule has 1 aromatic carbocycles. The van der Waals surface area contributed by atoms with E-state index in [0.29, 0.717) is 5.82 Å². The number of hydrogen-bond donors (Lipinski definition) is 1. The summed E-state index contributed by atoms with van der Waals surface area (Å²) in [7, 11) is 0. The maximum absolute atomic E-state index is 12.1. The number of benzene rings is 1. The van der Waals surface area contributed by atoms with Crippen LogP contribution in [0.3, 0.4) is 0 Å². The number of carbonyl (C=O) groups is 1. The van der Waals surface area contributed by atoms with Crippen LogP contribution in [0.1, 0.15) is 4.88 Å². The van der Waals surface area contributed by atoms with Gasteiger partial charge in [0.2, 0.25) is 5.91 Å². The number of thiophene rings is 1. The second kappa shape index (κ2) is 8.67. The number of carbonyl (C=O) groups excluding carboxylic acids is 1. The Labute approximate surface area is 168 Å². The van der Waals surface area contributed by atoms with E-state index in [2.05, 4.69) is 49.4 Å². The Morgan fingerprint density at radius 3 is 2.54 bits per heavy atom. The van der Waals surface area contributed by atoms with E-state index in [4.69, 9.17) is 0 Å². The van der Waals surface area contributed by atoms with Gasteiger partial charge in [-0.1, -0.05) is 24.3 Å². The molecule has 7 heteroatoms. The molecule has 28 heavy (non-hydrogen) atoms. The number of aromatic nitrogens is 2. The van der Waals surface area contributed by atoms with Crippen molar-refractivity contribution in [2.45, 2.75) is 0 Å². The van der Waals surface area contributed by atoms with Crippen molar-refractivity contribution in [2.75, 3.05) is 41.3 Å². The Kier molecular flexibility index (Phi) is 5.63. The Hall–Kier alpha value is -3.19. The minimum Gasteiger partial charge on any atom is -0.368 e. The molecule has 0 radical (unpaired) electrons. The molecule has 1 fully saturated rings. The number of para-hydroxylation sites is 1. The number of nitrogens with zero attached hydrogens (tertiary/aromatic N) is 4. The molecule has 1 aliphatic rings. The molecule has 6 nitrogen and oxygen atoms in total. The first kappa shape index (κ1) is 18.2. The van der Waals surface area contributed by atoms with Crippen molar-refractivity contribution in [3.63, 3.8) is 0 Å². The van der Waals surface area contributed by atoms with Gasteiger partial charge in [0.1, 0.15) is 18.0 Å². The highest BCUT2D eigenvalue weighted by atomic mass is 32.1. The monoisotopic (exact) mass is 391 g/mol. The van der Waals surface area contributed by atoms with Gasteiger partial charge in [0.15, 0.2) is 0 Å². The third kappa shape index (κ3) is 4.55. The van der Waals surface area contributed by atoms with Gasteiger partial charge in [0, 0.05) is 48.9 Å². The van der Waals surface area contributed by atoms with Crippen molar-refractivity contribution < 1.29 is 4.79 Å². The summed E-state index contributed by atoms with van der Waals surface area (Å²) in [5.41, 5.74) is 1.25. The molecule has 1 amide bonds. The largest absolute Gasteiger partial charge is 0.368 e. The standard InChI is InChI=1S/C21H21N5OS/c27-21(9-8-18-7-4-14-28-18)24-19-15-20(23-16-22-19)26-12-10-25(11-13-26)17-5-2-1-3-6-17/h1-9,14-16H,10-13H2,(H,22,23,24,27)/b9-8+. The van der Waals surface area contributed by atoms with Crippen LogP contribution in [0.2, 0.25) is 0 Å². The van der Waals surface area contributed by atoms with Crippen molar-refractivity contribution in [3.8, 4) is 0 Å². The SMILES string of the molecule is O=C(/C=C/c1cccs1)Nc1cc(N2CCN(c3ccccc3)CC2)ncn1. The lowest BCUT2D eigenvalue weighted by Crippen LogP contribution is -2.46. The molecule has 0 bridgehead atoms. The highest BCUT2D eigenvalue weighted by Crippen LogP contribution is 2.20. The molecule has 1 saturated heterocycles. The van der Waals surface area contributed by atoms with Crippen LogP contribution >= 0.6 is 11.3 Å². The van der Waals surface area contributed by atoms with Crippen LogP contribution in [0.5, 0.6) is 0 Å². The summed E-state index contributed by atoms with van der Waals surface area (Å²) in [6.07, 6.45) is 4.81. The Balaban J connectivity index is 1.35. The molecule has 0 aliphatic carbocycles. The van der Waals surface area contributed by atoms with E-state index in [0.717, 1.165) is 36.9 Å². The van der Waals surface area contributed by atoms with Gasteiger partial charge in [-0.3, -0.25) is 4.79 Å². The van der Waals surface area contributed by atoms with Crippen molar-refractivity contribution >= 4 is 40.6 Å². The molecule has 0 saturated carbocycles. The van der Waals surface area contributed by atoms with E-state index in [1.54, 1.807) is 17.4 Å². The quantitative estimate of drug-likeness (QED) is 0.675. The van der Waals surface area contributed by atoms with E-state index in [-0.39, 0.29) is 5.91 Å². The average Bonchev–Trinajstić information content (AvgIpc) is 3.27. The number of hydrogen-bond acceptors (Lipinski definition) is 6. The minimum absolute atomic E-state index is 0.202. The van der Waals surface area contributed by atoms with Gasteiger partial charge in [-0.05, 0) is 29.7 Å². The van der Waals surface area contributed by atoms with Gasteiger partial charge >= 0.3 is 0 Å². The maximum atomic E-state index is 12.1. The first-order valence-electron chi connectivity index (χ1n) is 9.17. The zero-order valence-corrected chi connectivity index (χ0v) is 16.2. The fraction of sp³-hybridized carbons (Fsp3) is 0.190. The topological polar surface area (TPSA) is 61.4 Å². The average molecular weight is 392 g/mol. The van der Waals surface area contributed by atoms with Gasteiger partial charge < -0.3 is 15.1 Å². The highest BCUT2D eigenvalue weighted by molar-refractivity contribution is 7.10. The van der Waals surface area contributed by atoms with E-state index in [1.165, 1.54) is 18.1 Å². The molecule has 1 aliphatic heterocycles. The van der Waals surface area contributed by atoms with Crippen LogP contribution in [0.4, 0.5) is 17.3 Å². The molecule has 0 unspecified atom stereocenters. The molecule has 2 aromatic heterocycles. The number of piperazine rings is 1. The lowest BCUT2D eigenvalue weighted by Gasteiger charge is -2.36. The highest BCUT2D eigenvalue weighted by Gasteiger charge is 2.18. The van der Waals surface area contributed by atoms with Crippen LogP contribution in [0.15, 0.2) is 66.3 Å². The van der Waals surface area contributed by atoms with Crippen LogP contribution in [0.25, 0.3) is 6.08 Å². The van der Waals surface area contributed by atoms with Crippen molar-refractivity contribution in [3.05, 3.63) is 71.2 Å². The summed E-state index contributed by atoms with van der Waals surface area (Å²) >= 11 is 1.59. The fourth-order valence-electron chi connectivity index (χ4n) is 3.13. The third-order valence-electron chi connectivity index (χ3n) is 4.57. The fourth-order valence-corrected chi connectivity index (χ4v) is 3.75. The normalized spacial score (nSPS) is 14.4. The molecule has 0 atom stereocenters. The van der Waals surface area contributed by atoms with Gasteiger partial charge in [-0.15, -0.1) is 11.3 Å². The van der Waals surface area contributed by atoms with Crippen molar-refractivity contribution in [1.82, 2.24) is 9.97 Å². The van der Waals surface area contributed by atoms with E-state index in [1.807, 2.05) is 29.6 Å². The summed E-state index contributed by atoms with van der Waals surface area (Å²) in [4.78, 5) is 26.3. The van der Waals surface area contributed by atoms with Crippen LogP contribution in [-0.4, -0.2) is 42.1 Å². The van der Waals surface area contributed by atoms with E-state index < -0.39 is 0 Å². The molecule has 142 valence electrons. The number of anilines is 3. The molecule has 0 spiro atoms. The predicted molar refractivity (Wildman–Crippen MR) is 115 cm³/mol. The molecular weight excluding hydrogens is 370 g/mol. The lowest BCUT2D eigenvalue weighted by molar-refractivity contribution is -0.111. The summed E-state index contributed by atoms with van der Waals surface area (Å²) in [6.45, 7) is 3.60. The summed E-state index contributed by atoms with van der Waals surface area (Å²) in [5.74, 6) is 1.14. The molecule has 4 rings (SSSR count). The van der Waals surface area contributed by atoms with Crippen LogP contribution < -0.4 is 15.1 Å². The van der Waals surface area contributed by atoms with E-state index in [9.17, 15) is 4.79 Å². The molecule has 3 heterocycles. The zero-order valence-electron chi connectivity index (χ0n) is 15.4. The van der Waals surface area contributed by atoms with E-state index >= 15 is 0 Å². The van der Waals surface area contributed by atoms with Gasteiger partial charge in [0.05, 0.1) is 0 Å². The second-order valence-electron chi connectivity index (χ2n) is 6.41. The molecule has 1 N–H and O–H groups in total. The summed E-state index contributed by atoms with van der Waals surface area (Å²) in [6, 6.07) is 16.2. The van der Waals surface area contributed by atoms with Crippen LogP contribution in [-0.2, 0) is 4.79 Å². The van der Waals surface area contributed by atoms with Crippen molar-refractivity contribution in [1.29, 1.82) is 0 Å². The maximum Gasteiger partial charge on any atom is 0.249 e. The first-order chi connectivity index (χ1) is 13.8. The van der Waals surface area contributed by atoms with Crippen LogP contribution in [0, 0.1) is 0 Å². The lowest BCUT2D eigenvalue weighted by atomic mass is 10.2. The minimum atomic E-state index is -0.202. The Morgan fingerprint density at radius 2 is 1.79 bits per heavy atom. The Morgan fingerprint density at radius 1 is 1.00 bits per heavy atom. The molecule has 3 aromatic rings. The van der Waals surface area contributed by atoms with Gasteiger partial charge in [-0.2, -0.15) is 0 Å². The summed E-state index contributed by atoms with van der Waals surface area (Å²) < 4.78 is 0. The number of rotatable bonds is 5. The summed E-state index contributed by atoms with van der Waals surface area (Å²) in [5, 5.41) is 4.79.